The van der Waals surface area contributed by atoms with Crippen molar-refractivity contribution >= 4 is 21.5 Å². The molecule has 0 unspecified atom stereocenters. The highest BCUT2D eigenvalue weighted by molar-refractivity contribution is 6.14. The van der Waals surface area contributed by atoms with Crippen molar-refractivity contribution in [3.63, 3.8) is 0 Å². The van der Waals surface area contributed by atoms with Crippen molar-refractivity contribution in [2.24, 2.45) is 0 Å². The number of aromatic nitrogens is 3. The van der Waals surface area contributed by atoms with Gasteiger partial charge in [-0.3, -0.25) is 4.98 Å². The first-order valence-corrected chi connectivity index (χ1v) is 17.7. The van der Waals surface area contributed by atoms with E-state index in [9.17, 15) is 0 Å². The summed E-state index contributed by atoms with van der Waals surface area (Å²) in [6.07, 6.45) is 0. The van der Waals surface area contributed by atoms with Gasteiger partial charge in [-0.2, -0.15) is 0 Å². The maximum absolute atomic E-state index is 5.30. The smallest absolute Gasteiger partial charge is 0.160 e. The fourth-order valence-electron chi connectivity index (χ4n) is 7.32. The van der Waals surface area contributed by atoms with Gasteiger partial charge in [-0.15, -0.1) is 0 Å². The molecule has 0 saturated heterocycles. The molecule has 0 amide bonds. The van der Waals surface area contributed by atoms with Crippen LogP contribution in [-0.2, 0) is 0 Å². The number of hydrogen-bond acceptors (Lipinski definition) is 3. The number of benzene rings is 7. The number of nitrogens with zero attached hydrogens (tertiary/aromatic N) is 3. The lowest BCUT2D eigenvalue weighted by Crippen LogP contribution is -1.97. The van der Waals surface area contributed by atoms with Gasteiger partial charge in [0.25, 0.3) is 0 Å². The number of pyridine rings is 1. The average molecular weight is 666 g/mol. The van der Waals surface area contributed by atoms with Crippen molar-refractivity contribution < 1.29 is 0 Å². The Hall–Kier alpha value is -6.71. The Morgan fingerprint density at radius 1 is 0.308 bits per heavy atom. The van der Waals surface area contributed by atoms with Gasteiger partial charge in [-0.05, 0) is 111 Å². The summed E-state index contributed by atoms with van der Waals surface area (Å²) in [5.41, 5.74) is 13.6. The van der Waals surface area contributed by atoms with Crippen molar-refractivity contribution in [1.82, 2.24) is 15.0 Å². The van der Waals surface area contributed by atoms with Crippen molar-refractivity contribution in [3.8, 4) is 67.3 Å². The second-order valence-corrected chi connectivity index (χ2v) is 13.4. The summed E-state index contributed by atoms with van der Waals surface area (Å²) in [6, 6.07) is 62.4. The number of fused-ring (bicyclic) bond motifs is 3. The Labute approximate surface area is 304 Å². The van der Waals surface area contributed by atoms with Crippen molar-refractivity contribution in [2.45, 2.75) is 13.8 Å². The fraction of sp³-hybridized carbons (Fsp3) is 0.0408. The number of hydrogen-bond donors (Lipinski definition) is 0. The van der Waals surface area contributed by atoms with Crippen LogP contribution in [0.1, 0.15) is 11.4 Å². The SMILES string of the molecule is Cc1cc(-c2cc(-c3nc(-c4ccccc4)cc(-c4ccc(-c5ccccc5)cc4)n3)cc(-c3cc4ccccc4c4ccccc34)c2)cc(C)n1. The molecule has 0 aliphatic rings. The van der Waals surface area contributed by atoms with E-state index in [0.717, 1.165) is 56.2 Å². The number of rotatable bonds is 6. The Balaban J connectivity index is 1.28. The molecular weight excluding hydrogens is 631 g/mol. The first-order chi connectivity index (χ1) is 25.6. The summed E-state index contributed by atoms with van der Waals surface area (Å²) in [6.45, 7) is 4.11. The molecule has 246 valence electrons. The molecule has 7 aromatic carbocycles. The van der Waals surface area contributed by atoms with Crippen molar-refractivity contribution in [2.75, 3.05) is 0 Å². The summed E-state index contributed by atoms with van der Waals surface area (Å²) < 4.78 is 0. The van der Waals surface area contributed by atoms with Crippen LogP contribution in [0.15, 0.2) is 176 Å². The molecule has 2 heterocycles. The van der Waals surface area contributed by atoms with Crippen LogP contribution in [0, 0.1) is 13.8 Å². The Kier molecular flexibility index (Phi) is 7.94. The minimum atomic E-state index is 0.680. The minimum Gasteiger partial charge on any atom is -0.258 e. The second kappa shape index (κ2) is 13.2. The van der Waals surface area contributed by atoms with Crippen LogP contribution >= 0.6 is 0 Å². The normalized spacial score (nSPS) is 11.3. The zero-order valence-electron chi connectivity index (χ0n) is 29.1. The van der Waals surface area contributed by atoms with Crippen LogP contribution in [0.2, 0.25) is 0 Å². The minimum absolute atomic E-state index is 0.680. The third kappa shape index (κ3) is 6.03. The lowest BCUT2D eigenvalue weighted by Gasteiger charge is -2.16. The van der Waals surface area contributed by atoms with E-state index in [1.807, 2.05) is 12.1 Å². The van der Waals surface area contributed by atoms with E-state index in [1.54, 1.807) is 0 Å². The van der Waals surface area contributed by atoms with E-state index in [1.165, 1.54) is 38.2 Å². The fourth-order valence-corrected chi connectivity index (χ4v) is 7.32. The molecule has 3 heteroatoms. The Bertz CT molecular complexity index is 2710. The molecule has 0 radical (unpaired) electrons. The van der Waals surface area contributed by atoms with Crippen LogP contribution in [0.3, 0.4) is 0 Å². The molecule has 3 nitrogen and oxygen atoms in total. The molecule has 52 heavy (non-hydrogen) atoms. The van der Waals surface area contributed by atoms with E-state index < -0.39 is 0 Å². The highest BCUT2D eigenvalue weighted by Crippen LogP contribution is 2.39. The lowest BCUT2D eigenvalue weighted by molar-refractivity contribution is 1.12. The molecule has 0 aliphatic heterocycles. The van der Waals surface area contributed by atoms with E-state index in [-0.39, 0.29) is 0 Å². The van der Waals surface area contributed by atoms with Crippen molar-refractivity contribution in [1.29, 1.82) is 0 Å². The van der Waals surface area contributed by atoms with Crippen LogP contribution in [0.25, 0.3) is 88.8 Å². The molecule has 9 rings (SSSR count). The topological polar surface area (TPSA) is 38.7 Å². The molecule has 0 aliphatic carbocycles. The van der Waals surface area contributed by atoms with Crippen LogP contribution < -0.4 is 0 Å². The van der Waals surface area contributed by atoms with Gasteiger partial charge < -0.3 is 0 Å². The van der Waals surface area contributed by atoms with Gasteiger partial charge in [0.15, 0.2) is 5.82 Å². The Morgan fingerprint density at radius 2 is 0.788 bits per heavy atom. The third-order valence-corrected chi connectivity index (χ3v) is 9.77. The molecule has 0 atom stereocenters. The van der Waals surface area contributed by atoms with Gasteiger partial charge in [-0.1, -0.05) is 133 Å². The molecule has 0 bridgehead atoms. The average Bonchev–Trinajstić information content (AvgIpc) is 3.20. The summed E-state index contributed by atoms with van der Waals surface area (Å²) in [5, 5.41) is 4.91. The summed E-state index contributed by atoms with van der Waals surface area (Å²) in [4.78, 5) is 15.2. The van der Waals surface area contributed by atoms with Crippen LogP contribution in [0.4, 0.5) is 0 Å². The molecular formula is C49H35N3. The predicted molar refractivity (Wildman–Crippen MR) is 217 cm³/mol. The summed E-state index contributed by atoms with van der Waals surface area (Å²) >= 11 is 0. The predicted octanol–water partition coefficient (Wildman–Crippen LogP) is 12.8. The summed E-state index contributed by atoms with van der Waals surface area (Å²) in [5.74, 6) is 0.680. The summed E-state index contributed by atoms with van der Waals surface area (Å²) in [7, 11) is 0. The molecule has 0 spiro atoms. The van der Waals surface area contributed by atoms with E-state index in [0.29, 0.717) is 5.82 Å². The number of aryl methyl sites for hydroxylation is 2. The van der Waals surface area contributed by atoms with Gasteiger partial charge in [0.1, 0.15) is 0 Å². The van der Waals surface area contributed by atoms with Crippen LogP contribution in [-0.4, -0.2) is 15.0 Å². The van der Waals surface area contributed by atoms with E-state index in [2.05, 4.69) is 183 Å². The molecule has 9 aromatic rings. The monoisotopic (exact) mass is 665 g/mol. The van der Waals surface area contributed by atoms with E-state index >= 15 is 0 Å². The van der Waals surface area contributed by atoms with Gasteiger partial charge in [-0.25, -0.2) is 9.97 Å². The maximum atomic E-state index is 5.30. The van der Waals surface area contributed by atoms with E-state index in [4.69, 9.17) is 9.97 Å². The van der Waals surface area contributed by atoms with Gasteiger partial charge in [0.05, 0.1) is 11.4 Å². The lowest BCUT2D eigenvalue weighted by atomic mass is 9.90. The maximum Gasteiger partial charge on any atom is 0.160 e. The second-order valence-electron chi connectivity index (χ2n) is 13.4. The zero-order chi connectivity index (χ0) is 35.0. The molecule has 0 fully saturated rings. The standard InChI is InChI=1S/C49H35N3/c1-32-25-39(26-33(2)50-32)40-27-41(46-30-38-17-9-10-18-43(38)44-19-11-12-20-45(44)46)29-42(28-40)49-51-47(36-15-7-4-8-16-36)31-48(52-49)37-23-21-35(22-24-37)34-13-5-3-6-14-34/h3-31H,1-2H3. The van der Waals surface area contributed by atoms with Crippen molar-refractivity contribution in [3.05, 3.63) is 187 Å². The molecule has 0 N–H and O–H groups in total. The molecule has 0 saturated carbocycles. The van der Waals surface area contributed by atoms with Gasteiger partial charge in [0, 0.05) is 28.1 Å². The largest absolute Gasteiger partial charge is 0.258 e. The Morgan fingerprint density at radius 3 is 1.48 bits per heavy atom. The third-order valence-electron chi connectivity index (χ3n) is 9.77. The zero-order valence-corrected chi connectivity index (χ0v) is 29.1. The first kappa shape index (κ1) is 31.3. The highest BCUT2D eigenvalue weighted by atomic mass is 14.9. The highest BCUT2D eigenvalue weighted by Gasteiger charge is 2.16. The first-order valence-electron chi connectivity index (χ1n) is 17.7. The van der Waals surface area contributed by atoms with Gasteiger partial charge in [0.2, 0.25) is 0 Å². The quantitative estimate of drug-likeness (QED) is 0.166. The van der Waals surface area contributed by atoms with Crippen LogP contribution in [0.5, 0.6) is 0 Å². The van der Waals surface area contributed by atoms with Gasteiger partial charge >= 0.3 is 0 Å². The molecule has 2 aromatic heterocycles.